The van der Waals surface area contributed by atoms with E-state index in [1.807, 2.05) is 0 Å². The van der Waals surface area contributed by atoms with Gasteiger partial charge in [0, 0.05) is 11.6 Å². The summed E-state index contributed by atoms with van der Waals surface area (Å²) in [7, 11) is 0. The van der Waals surface area contributed by atoms with Gasteiger partial charge in [-0.15, -0.1) is 0 Å². The van der Waals surface area contributed by atoms with Crippen LogP contribution in [0.4, 0.5) is 14.5 Å². The molecule has 0 unspecified atom stereocenters. The number of fused-ring (bicyclic) bond motifs is 1. The maximum absolute atomic E-state index is 12.2. The van der Waals surface area contributed by atoms with Crippen molar-refractivity contribution in [2.75, 3.05) is 5.73 Å². The fraction of sp³-hybridized carbons (Fsp3) is 0.0714. The molecule has 108 valence electrons. The minimum Gasteiger partial charge on any atom is -0.436 e. The number of nitrogens with two attached hydrogens (primary N) is 1. The highest BCUT2D eigenvalue weighted by Gasteiger charge is 2.12. The van der Waals surface area contributed by atoms with E-state index < -0.39 is 6.61 Å². The Morgan fingerprint density at radius 3 is 2.81 bits per heavy atom. The molecular weight excluding hydrogens is 302 g/mol. The van der Waals surface area contributed by atoms with Crippen molar-refractivity contribution in [3.63, 3.8) is 0 Å². The summed E-state index contributed by atoms with van der Waals surface area (Å²) in [5.74, 6) is 0.300. The number of anilines is 1. The lowest BCUT2D eigenvalue weighted by Crippen LogP contribution is -2.01. The highest BCUT2D eigenvalue weighted by molar-refractivity contribution is 6.33. The van der Waals surface area contributed by atoms with Crippen LogP contribution in [0.15, 0.2) is 40.8 Å². The molecule has 4 nitrogen and oxygen atoms in total. The minimum atomic E-state index is -2.89. The van der Waals surface area contributed by atoms with Crippen LogP contribution in [0.25, 0.3) is 22.6 Å². The van der Waals surface area contributed by atoms with E-state index in [0.29, 0.717) is 27.4 Å². The molecule has 0 bridgehead atoms. The van der Waals surface area contributed by atoms with Crippen molar-refractivity contribution in [2.24, 2.45) is 0 Å². The molecule has 3 aromatic rings. The predicted octanol–water partition coefficient (Wildman–Crippen LogP) is 4.33. The van der Waals surface area contributed by atoms with Crippen molar-refractivity contribution in [1.29, 1.82) is 0 Å². The van der Waals surface area contributed by atoms with Gasteiger partial charge in [0.2, 0.25) is 5.89 Å². The van der Waals surface area contributed by atoms with Gasteiger partial charge in [-0.1, -0.05) is 17.7 Å². The Kier molecular flexibility index (Phi) is 3.39. The van der Waals surface area contributed by atoms with Crippen LogP contribution in [0.5, 0.6) is 5.75 Å². The van der Waals surface area contributed by atoms with E-state index in [-0.39, 0.29) is 11.6 Å². The first-order valence-electron chi connectivity index (χ1n) is 5.94. The van der Waals surface area contributed by atoms with Crippen LogP contribution in [-0.4, -0.2) is 11.6 Å². The molecule has 2 aromatic carbocycles. The number of rotatable bonds is 3. The van der Waals surface area contributed by atoms with Crippen molar-refractivity contribution in [3.05, 3.63) is 41.4 Å². The maximum atomic E-state index is 12.2. The number of halogens is 3. The number of nitrogen functional groups attached to an aromatic ring is 1. The van der Waals surface area contributed by atoms with E-state index in [2.05, 4.69) is 9.72 Å². The lowest BCUT2D eigenvalue weighted by atomic mass is 10.2. The normalized spacial score (nSPS) is 11.2. The van der Waals surface area contributed by atoms with Crippen LogP contribution in [0.3, 0.4) is 0 Å². The molecule has 21 heavy (non-hydrogen) atoms. The van der Waals surface area contributed by atoms with Gasteiger partial charge < -0.3 is 14.9 Å². The maximum Gasteiger partial charge on any atom is 0.387 e. The molecule has 0 spiro atoms. The van der Waals surface area contributed by atoms with Gasteiger partial charge in [0.1, 0.15) is 11.3 Å². The number of benzene rings is 2. The van der Waals surface area contributed by atoms with Gasteiger partial charge in [-0.25, -0.2) is 4.98 Å². The summed E-state index contributed by atoms with van der Waals surface area (Å²) in [5, 5.41) is 0.372. The second-order valence-corrected chi connectivity index (χ2v) is 4.67. The molecule has 0 radical (unpaired) electrons. The highest BCUT2D eigenvalue weighted by atomic mass is 35.5. The van der Waals surface area contributed by atoms with Gasteiger partial charge >= 0.3 is 6.61 Å². The third-order valence-electron chi connectivity index (χ3n) is 2.81. The Bertz CT molecular complexity index is 766. The molecule has 7 heteroatoms. The number of hydrogen-bond acceptors (Lipinski definition) is 4. The lowest BCUT2D eigenvalue weighted by molar-refractivity contribution is -0.0498. The molecule has 0 fully saturated rings. The van der Waals surface area contributed by atoms with Gasteiger partial charge in [-0.2, -0.15) is 8.78 Å². The van der Waals surface area contributed by atoms with Gasteiger partial charge in [0.15, 0.2) is 5.58 Å². The van der Waals surface area contributed by atoms with Gasteiger partial charge in [-0.05, 0) is 24.3 Å². The average Bonchev–Trinajstić information content (AvgIpc) is 2.82. The summed E-state index contributed by atoms with van der Waals surface area (Å²) in [4.78, 5) is 4.26. The lowest BCUT2D eigenvalue weighted by Gasteiger charge is -2.04. The molecule has 0 saturated heterocycles. The monoisotopic (exact) mass is 310 g/mol. The first-order chi connectivity index (χ1) is 10.0. The van der Waals surface area contributed by atoms with Crippen LogP contribution in [-0.2, 0) is 0 Å². The first kappa shape index (κ1) is 13.6. The summed E-state index contributed by atoms with van der Waals surface area (Å²) < 4.78 is 34.3. The molecule has 1 heterocycles. The molecule has 0 saturated carbocycles. The van der Waals surface area contributed by atoms with Gasteiger partial charge in [-0.3, -0.25) is 0 Å². The van der Waals surface area contributed by atoms with Crippen LogP contribution >= 0.6 is 11.6 Å². The van der Waals surface area contributed by atoms with Crippen LogP contribution < -0.4 is 10.5 Å². The Morgan fingerprint density at radius 2 is 2.05 bits per heavy atom. The zero-order chi connectivity index (χ0) is 15.0. The molecule has 3 rings (SSSR count). The third-order valence-corrected chi connectivity index (χ3v) is 3.14. The topological polar surface area (TPSA) is 61.3 Å². The van der Waals surface area contributed by atoms with Crippen molar-refractivity contribution >= 4 is 28.4 Å². The number of hydrogen-bond donors (Lipinski definition) is 1. The number of oxazole rings is 1. The quantitative estimate of drug-likeness (QED) is 0.731. The van der Waals surface area contributed by atoms with E-state index in [4.69, 9.17) is 21.8 Å². The standard InChI is InChI=1S/C14H9ClF2N2O2/c15-9-5-11-12(6-10(9)18)21-13(19-11)7-2-1-3-8(4-7)20-14(16)17/h1-6,14H,18H2. The molecule has 0 aliphatic heterocycles. The van der Waals surface area contributed by atoms with E-state index >= 15 is 0 Å². The number of nitrogens with zero attached hydrogens (tertiary/aromatic N) is 1. The van der Waals surface area contributed by atoms with Crippen molar-refractivity contribution in [1.82, 2.24) is 4.98 Å². The fourth-order valence-corrected chi connectivity index (χ4v) is 2.05. The third kappa shape index (κ3) is 2.75. The van der Waals surface area contributed by atoms with E-state index in [1.165, 1.54) is 12.1 Å². The Hall–Kier alpha value is -2.34. The Labute approximate surface area is 123 Å². The molecule has 0 aliphatic rings. The largest absolute Gasteiger partial charge is 0.436 e. The second kappa shape index (κ2) is 5.21. The van der Waals surface area contributed by atoms with E-state index in [9.17, 15) is 8.78 Å². The number of alkyl halides is 2. The van der Waals surface area contributed by atoms with Gasteiger partial charge in [0.25, 0.3) is 0 Å². The molecule has 0 amide bonds. The van der Waals surface area contributed by atoms with Crippen molar-refractivity contribution in [2.45, 2.75) is 6.61 Å². The molecule has 0 atom stereocenters. The smallest absolute Gasteiger partial charge is 0.387 e. The molecule has 2 N–H and O–H groups in total. The van der Waals surface area contributed by atoms with Crippen LogP contribution in [0, 0.1) is 0 Å². The van der Waals surface area contributed by atoms with E-state index in [0.717, 1.165) is 0 Å². The van der Waals surface area contributed by atoms with Crippen molar-refractivity contribution < 1.29 is 17.9 Å². The average molecular weight is 311 g/mol. The summed E-state index contributed by atoms with van der Waals surface area (Å²) in [5.41, 5.74) is 7.58. The van der Waals surface area contributed by atoms with E-state index in [1.54, 1.807) is 24.3 Å². The van der Waals surface area contributed by atoms with Crippen molar-refractivity contribution in [3.8, 4) is 17.2 Å². The van der Waals surface area contributed by atoms with Crippen LogP contribution in [0.1, 0.15) is 0 Å². The van der Waals surface area contributed by atoms with Gasteiger partial charge in [0.05, 0.1) is 10.7 Å². The SMILES string of the molecule is Nc1cc2oc(-c3cccc(OC(F)F)c3)nc2cc1Cl. The van der Waals surface area contributed by atoms with Crippen LogP contribution in [0.2, 0.25) is 5.02 Å². The summed E-state index contributed by atoms with van der Waals surface area (Å²) in [6.45, 7) is -2.89. The highest BCUT2D eigenvalue weighted by Crippen LogP contribution is 2.31. The number of ether oxygens (including phenoxy) is 1. The number of aromatic nitrogens is 1. The molecule has 0 aliphatic carbocycles. The molecule has 1 aromatic heterocycles. The zero-order valence-electron chi connectivity index (χ0n) is 10.5. The zero-order valence-corrected chi connectivity index (χ0v) is 11.3. The summed E-state index contributed by atoms with van der Waals surface area (Å²) >= 11 is 5.92. The molecular formula is C14H9ClF2N2O2. The summed E-state index contributed by atoms with van der Waals surface area (Å²) in [6.07, 6.45) is 0. The first-order valence-corrected chi connectivity index (χ1v) is 6.31. The predicted molar refractivity (Wildman–Crippen MR) is 75.5 cm³/mol. The Balaban J connectivity index is 2.04. The fourth-order valence-electron chi connectivity index (χ4n) is 1.89. The summed E-state index contributed by atoms with van der Waals surface area (Å²) in [6, 6.07) is 9.23. The minimum absolute atomic E-state index is 0.0299. The Morgan fingerprint density at radius 1 is 1.24 bits per heavy atom. The second-order valence-electron chi connectivity index (χ2n) is 4.27.